The van der Waals surface area contributed by atoms with Crippen molar-refractivity contribution in [2.24, 2.45) is 5.73 Å². The van der Waals surface area contributed by atoms with Gasteiger partial charge in [-0.25, -0.2) is 8.42 Å². The smallest absolute Gasteiger partial charge is 0.248 e. The van der Waals surface area contributed by atoms with E-state index >= 15 is 0 Å². The number of amides is 1. The van der Waals surface area contributed by atoms with Crippen LogP contribution in [0.5, 0.6) is 0 Å². The van der Waals surface area contributed by atoms with Crippen LogP contribution in [0.1, 0.15) is 17.3 Å². The summed E-state index contributed by atoms with van der Waals surface area (Å²) in [6.07, 6.45) is 0. The van der Waals surface area contributed by atoms with Gasteiger partial charge in [0.25, 0.3) is 0 Å². The molecular weight excluding hydrogens is 254 g/mol. The minimum absolute atomic E-state index is 0.00412. The second-order valence-electron chi connectivity index (χ2n) is 3.37. The predicted octanol–water partition coefficient (Wildman–Crippen LogP) is -0.331. The Morgan fingerprint density at radius 1 is 1.44 bits per heavy atom. The Bertz CT molecular complexity index is 627. The van der Waals surface area contributed by atoms with E-state index in [0.29, 0.717) is 0 Å². The van der Waals surface area contributed by atoms with Gasteiger partial charge in [0.05, 0.1) is 12.2 Å². The number of nitrogens with one attached hydrogen (secondary N) is 1. The molecule has 7 heteroatoms. The molecule has 6 nitrogen and oxygen atoms in total. The van der Waals surface area contributed by atoms with E-state index in [9.17, 15) is 13.2 Å². The number of carbonyl (C=O) groups excluding carboxylic acids is 1. The molecule has 18 heavy (non-hydrogen) atoms. The van der Waals surface area contributed by atoms with Gasteiger partial charge in [0.15, 0.2) is 0 Å². The third-order valence-electron chi connectivity index (χ3n) is 2.11. The minimum Gasteiger partial charge on any atom is -0.398 e. The molecule has 0 fully saturated rings. The predicted molar refractivity (Wildman–Crippen MR) is 68.0 cm³/mol. The van der Waals surface area contributed by atoms with Crippen LogP contribution in [0, 0.1) is 11.8 Å². The van der Waals surface area contributed by atoms with Gasteiger partial charge in [-0.05, 0) is 25.1 Å². The van der Waals surface area contributed by atoms with Gasteiger partial charge < -0.3 is 11.5 Å². The number of anilines is 1. The van der Waals surface area contributed by atoms with Gasteiger partial charge in [0.2, 0.25) is 15.9 Å². The van der Waals surface area contributed by atoms with Gasteiger partial charge in [0.1, 0.15) is 4.90 Å². The molecule has 0 spiro atoms. The summed E-state index contributed by atoms with van der Waals surface area (Å²) >= 11 is 0. The Kier molecular flexibility index (Phi) is 4.31. The maximum absolute atomic E-state index is 11.8. The highest BCUT2D eigenvalue weighted by Crippen LogP contribution is 2.19. The summed E-state index contributed by atoms with van der Waals surface area (Å²) in [7, 11) is -3.74. The highest BCUT2D eigenvalue weighted by Gasteiger charge is 2.17. The second-order valence-corrected chi connectivity index (χ2v) is 5.10. The number of benzene rings is 1. The van der Waals surface area contributed by atoms with E-state index in [-0.39, 0.29) is 22.7 Å². The Labute approximate surface area is 105 Å². The van der Waals surface area contributed by atoms with Crippen molar-refractivity contribution in [3.8, 4) is 11.8 Å². The number of sulfonamides is 1. The first-order valence-electron chi connectivity index (χ1n) is 4.97. The first kappa shape index (κ1) is 14.0. The lowest BCUT2D eigenvalue weighted by Crippen LogP contribution is -2.25. The fourth-order valence-corrected chi connectivity index (χ4v) is 2.28. The Morgan fingerprint density at radius 3 is 2.61 bits per heavy atom. The van der Waals surface area contributed by atoms with Crippen molar-refractivity contribution in [3.63, 3.8) is 0 Å². The quantitative estimate of drug-likeness (QED) is 0.511. The zero-order valence-corrected chi connectivity index (χ0v) is 10.5. The molecule has 0 aliphatic heterocycles. The molecule has 0 unspecified atom stereocenters. The molecule has 1 amide bonds. The van der Waals surface area contributed by atoms with Crippen molar-refractivity contribution in [2.45, 2.75) is 11.8 Å². The van der Waals surface area contributed by atoms with Crippen LogP contribution >= 0.6 is 0 Å². The Hall–Kier alpha value is -2.04. The van der Waals surface area contributed by atoms with Crippen LogP contribution < -0.4 is 16.2 Å². The fraction of sp³-hybridized carbons (Fsp3) is 0.182. The third kappa shape index (κ3) is 3.23. The number of nitrogen functional groups attached to an aromatic ring is 1. The molecule has 0 aliphatic carbocycles. The van der Waals surface area contributed by atoms with E-state index in [0.717, 1.165) is 0 Å². The summed E-state index contributed by atoms with van der Waals surface area (Å²) in [5, 5.41) is 0. The average molecular weight is 267 g/mol. The van der Waals surface area contributed by atoms with Crippen LogP contribution in [0.15, 0.2) is 23.1 Å². The Morgan fingerprint density at radius 2 is 2.11 bits per heavy atom. The zero-order valence-electron chi connectivity index (χ0n) is 9.73. The lowest BCUT2D eigenvalue weighted by molar-refractivity contribution is 0.1000. The topological polar surface area (TPSA) is 115 Å². The molecule has 0 saturated carbocycles. The van der Waals surface area contributed by atoms with Gasteiger partial charge in [-0.15, -0.1) is 5.92 Å². The molecule has 5 N–H and O–H groups in total. The van der Waals surface area contributed by atoms with Crippen molar-refractivity contribution in [2.75, 3.05) is 12.3 Å². The normalized spacial score (nSPS) is 10.5. The van der Waals surface area contributed by atoms with E-state index in [1.807, 2.05) is 0 Å². The van der Waals surface area contributed by atoms with Crippen LogP contribution in [0.4, 0.5) is 5.69 Å². The maximum Gasteiger partial charge on any atom is 0.248 e. The molecule has 1 aromatic rings. The highest BCUT2D eigenvalue weighted by molar-refractivity contribution is 7.89. The molecule has 0 bridgehead atoms. The zero-order chi connectivity index (χ0) is 13.8. The van der Waals surface area contributed by atoms with Gasteiger partial charge in [-0.2, -0.15) is 4.72 Å². The molecule has 0 atom stereocenters. The molecule has 0 aromatic heterocycles. The van der Waals surface area contributed by atoms with Crippen LogP contribution in [-0.2, 0) is 10.0 Å². The monoisotopic (exact) mass is 267 g/mol. The second kappa shape index (κ2) is 5.53. The summed E-state index contributed by atoms with van der Waals surface area (Å²) in [6, 6.07) is 3.76. The minimum atomic E-state index is -3.74. The highest BCUT2D eigenvalue weighted by atomic mass is 32.2. The number of nitrogens with two attached hydrogens (primary N) is 2. The molecule has 1 rings (SSSR count). The van der Waals surface area contributed by atoms with Crippen molar-refractivity contribution < 1.29 is 13.2 Å². The number of primary amides is 1. The summed E-state index contributed by atoms with van der Waals surface area (Å²) in [4.78, 5) is 10.8. The number of rotatable bonds is 4. The molecule has 0 aliphatic rings. The van der Waals surface area contributed by atoms with Crippen LogP contribution in [0.2, 0.25) is 0 Å². The van der Waals surface area contributed by atoms with Crippen molar-refractivity contribution in [3.05, 3.63) is 23.8 Å². The molecule has 1 aromatic carbocycles. The van der Waals surface area contributed by atoms with E-state index in [2.05, 4.69) is 16.6 Å². The summed E-state index contributed by atoms with van der Waals surface area (Å²) in [5.74, 6) is 4.46. The molecule has 96 valence electrons. The van der Waals surface area contributed by atoms with Crippen LogP contribution in [-0.4, -0.2) is 20.9 Å². The number of hydrogen-bond acceptors (Lipinski definition) is 4. The molecule has 0 heterocycles. The summed E-state index contributed by atoms with van der Waals surface area (Å²) in [5.41, 5.74) is 10.8. The van der Waals surface area contributed by atoms with E-state index in [1.165, 1.54) is 18.2 Å². The molecular formula is C11H13N3O3S. The van der Waals surface area contributed by atoms with Crippen molar-refractivity contribution in [1.82, 2.24) is 4.72 Å². The molecule has 0 saturated heterocycles. The lowest BCUT2D eigenvalue weighted by atomic mass is 10.2. The number of hydrogen-bond donors (Lipinski definition) is 3. The van der Waals surface area contributed by atoms with E-state index in [1.54, 1.807) is 6.92 Å². The van der Waals surface area contributed by atoms with E-state index < -0.39 is 15.9 Å². The van der Waals surface area contributed by atoms with Gasteiger partial charge in [0, 0.05) is 5.56 Å². The van der Waals surface area contributed by atoms with Crippen molar-refractivity contribution >= 4 is 21.6 Å². The van der Waals surface area contributed by atoms with Crippen molar-refractivity contribution in [1.29, 1.82) is 0 Å². The van der Waals surface area contributed by atoms with Gasteiger partial charge in [-0.1, -0.05) is 5.92 Å². The Balaban J connectivity index is 3.09. The third-order valence-corrected chi connectivity index (χ3v) is 3.59. The standard InChI is InChI=1S/C11H13N3O3S/c1-2-3-6-14-18(16,17)10-5-4-8(11(13)15)7-9(10)12/h4-5,7,14H,6,12H2,1H3,(H2,13,15). The average Bonchev–Trinajstić information content (AvgIpc) is 2.28. The summed E-state index contributed by atoms with van der Waals surface area (Å²) in [6.45, 7) is 1.60. The van der Waals surface area contributed by atoms with Crippen LogP contribution in [0.3, 0.4) is 0 Å². The first-order valence-corrected chi connectivity index (χ1v) is 6.45. The van der Waals surface area contributed by atoms with Crippen LogP contribution in [0.25, 0.3) is 0 Å². The summed E-state index contributed by atoms with van der Waals surface area (Å²) < 4.78 is 25.9. The van der Waals surface area contributed by atoms with E-state index in [4.69, 9.17) is 11.5 Å². The first-order chi connectivity index (χ1) is 8.38. The lowest BCUT2D eigenvalue weighted by Gasteiger charge is -2.08. The van der Waals surface area contributed by atoms with Gasteiger partial charge >= 0.3 is 0 Å². The van der Waals surface area contributed by atoms with Gasteiger partial charge in [-0.3, -0.25) is 4.79 Å². The largest absolute Gasteiger partial charge is 0.398 e. The molecule has 0 radical (unpaired) electrons. The fourth-order valence-electron chi connectivity index (χ4n) is 1.24. The number of carbonyl (C=O) groups is 1. The maximum atomic E-state index is 11.8. The SMILES string of the molecule is CC#CCNS(=O)(=O)c1ccc(C(N)=O)cc1N.